The highest BCUT2D eigenvalue weighted by atomic mass is 35.5. The molecule has 0 aliphatic rings. The molecule has 8 heteroatoms. The molecule has 25 heavy (non-hydrogen) atoms. The fourth-order valence-corrected chi connectivity index (χ4v) is 2.32. The number of carbonyl (C=O) groups is 1. The number of ether oxygens (including phenoxy) is 1. The lowest BCUT2D eigenvalue weighted by molar-refractivity contribution is -0.137. The molecule has 0 saturated heterocycles. The van der Waals surface area contributed by atoms with Crippen LogP contribution in [0.2, 0.25) is 5.02 Å². The number of benzene rings is 2. The molecule has 2 aromatic rings. The Hall–Kier alpha value is -2.41. The van der Waals surface area contributed by atoms with Gasteiger partial charge in [0.15, 0.2) is 0 Å². The van der Waals surface area contributed by atoms with Gasteiger partial charge in [-0.15, -0.1) is 0 Å². The third kappa shape index (κ3) is 5.56. The van der Waals surface area contributed by atoms with Crippen molar-refractivity contribution in [1.82, 2.24) is 0 Å². The highest BCUT2D eigenvalue weighted by Crippen LogP contribution is 2.36. The number of anilines is 2. The molecule has 0 atom stereocenters. The molecule has 0 radical (unpaired) electrons. The zero-order valence-corrected chi connectivity index (χ0v) is 14.0. The summed E-state index contributed by atoms with van der Waals surface area (Å²) in [5.74, 6) is 0.336. The molecule has 0 fully saturated rings. The van der Waals surface area contributed by atoms with Crippen LogP contribution >= 0.6 is 11.6 Å². The fourth-order valence-electron chi connectivity index (χ4n) is 2.10. The molecule has 0 bridgehead atoms. The van der Waals surface area contributed by atoms with E-state index in [9.17, 15) is 18.0 Å². The number of methoxy groups -OCH3 is 1. The molecule has 134 valence electrons. The predicted octanol–water partition coefficient (Wildman–Crippen LogP) is 4.81. The Labute approximate surface area is 147 Å². The Morgan fingerprint density at radius 1 is 1.16 bits per heavy atom. The van der Waals surface area contributed by atoms with Crippen LogP contribution in [0.3, 0.4) is 0 Å². The van der Waals surface area contributed by atoms with Crippen LogP contribution in [0, 0.1) is 0 Å². The van der Waals surface area contributed by atoms with Gasteiger partial charge in [-0.3, -0.25) is 4.79 Å². The third-order valence-electron chi connectivity index (χ3n) is 3.31. The number of nitrogens with one attached hydrogen (secondary N) is 2. The van der Waals surface area contributed by atoms with E-state index in [4.69, 9.17) is 16.3 Å². The van der Waals surface area contributed by atoms with Crippen LogP contribution in [-0.2, 0) is 11.0 Å². The quantitative estimate of drug-likeness (QED) is 0.765. The summed E-state index contributed by atoms with van der Waals surface area (Å²) in [6, 6.07) is 10.4. The molecule has 0 saturated carbocycles. The van der Waals surface area contributed by atoms with Crippen LogP contribution in [0.25, 0.3) is 0 Å². The molecule has 0 aliphatic carbocycles. The van der Waals surface area contributed by atoms with Crippen LogP contribution < -0.4 is 15.4 Å². The first-order valence-corrected chi connectivity index (χ1v) is 7.72. The summed E-state index contributed by atoms with van der Waals surface area (Å²) in [5.41, 5.74) is -0.0962. The Balaban J connectivity index is 1.89. The van der Waals surface area contributed by atoms with Crippen molar-refractivity contribution in [2.75, 3.05) is 24.3 Å². The SMILES string of the molecule is COc1cccc(NC(=O)CCNc2ccc(Cl)c(C(F)(F)F)c2)c1. The predicted molar refractivity (Wildman–Crippen MR) is 91.2 cm³/mol. The van der Waals surface area contributed by atoms with E-state index in [1.807, 2.05) is 0 Å². The minimum atomic E-state index is -4.53. The third-order valence-corrected chi connectivity index (χ3v) is 3.64. The molecular weight excluding hydrogens is 357 g/mol. The number of carbonyl (C=O) groups excluding carboxylic acids is 1. The van der Waals surface area contributed by atoms with Crippen LogP contribution in [0.15, 0.2) is 42.5 Å². The molecule has 2 N–H and O–H groups in total. The summed E-state index contributed by atoms with van der Waals surface area (Å²) in [6.45, 7) is 0.175. The first-order chi connectivity index (χ1) is 11.8. The van der Waals surface area contributed by atoms with E-state index in [1.54, 1.807) is 24.3 Å². The van der Waals surface area contributed by atoms with Gasteiger partial charge in [0, 0.05) is 30.4 Å². The summed E-state index contributed by atoms with van der Waals surface area (Å²) in [5, 5.41) is 5.10. The van der Waals surface area contributed by atoms with Crippen molar-refractivity contribution in [3.8, 4) is 5.75 Å². The van der Waals surface area contributed by atoms with Gasteiger partial charge >= 0.3 is 6.18 Å². The molecule has 0 aromatic heterocycles. The molecule has 0 spiro atoms. The standard InChI is InChI=1S/C17H16ClF3N2O2/c1-25-13-4-2-3-12(9-13)23-16(24)7-8-22-11-5-6-15(18)14(10-11)17(19,20)21/h2-6,9-10,22H,7-8H2,1H3,(H,23,24). The maximum Gasteiger partial charge on any atom is 0.417 e. The lowest BCUT2D eigenvalue weighted by Gasteiger charge is -2.12. The van der Waals surface area contributed by atoms with Crippen molar-refractivity contribution < 1.29 is 22.7 Å². The number of hydrogen-bond acceptors (Lipinski definition) is 3. The molecule has 2 aromatic carbocycles. The largest absolute Gasteiger partial charge is 0.497 e. The average molecular weight is 373 g/mol. The summed E-state index contributed by atoms with van der Waals surface area (Å²) < 4.78 is 43.4. The Kier molecular flexibility index (Phi) is 6.14. The number of halogens is 4. The minimum Gasteiger partial charge on any atom is -0.497 e. The fraction of sp³-hybridized carbons (Fsp3) is 0.235. The topological polar surface area (TPSA) is 50.4 Å². The second kappa shape index (κ2) is 8.11. The molecule has 4 nitrogen and oxygen atoms in total. The van der Waals surface area contributed by atoms with Gasteiger partial charge in [-0.25, -0.2) is 0 Å². The molecule has 0 unspecified atom stereocenters. The maximum atomic E-state index is 12.8. The van der Waals surface area contributed by atoms with Gasteiger partial charge in [0.2, 0.25) is 5.91 Å². The summed E-state index contributed by atoms with van der Waals surface area (Å²) in [7, 11) is 1.52. The van der Waals surface area contributed by atoms with Crippen LogP contribution in [0.4, 0.5) is 24.5 Å². The Morgan fingerprint density at radius 3 is 2.60 bits per heavy atom. The number of hydrogen-bond donors (Lipinski definition) is 2. The average Bonchev–Trinajstić information content (AvgIpc) is 2.55. The van der Waals surface area contributed by atoms with Gasteiger partial charge in [0.1, 0.15) is 5.75 Å². The summed E-state index contributed by atoms with van der Waals surface area (Å²) in [6.07, 6.45) is -4.44. The van der Waals surface area contributed by atoms with Crippen molar-refractivity contribution in [1.29, 1.82) is 0 Å². The van der Waals surface area contributed by atoms with Gasteiger partial charge < -0.3 is 15.4 Å². The molecular formula is C17H16ClF3N2O2. The molecule has 1 amide bonds. The van der Waals surface area contributed by atoms with E-state index >= 15 is 0 Å². The van der Waals surface area contributed by atoms with Gasteiger partial charge in [-0.2, -0.15) is 13.2 Å². The number of amides is 1. The van der Waals surface area contributed by atoms with Crippen molar-refractivity contribution in [2.45, 2.75) is 12.6 Å². The van der Waals surface area contributed by atoms with Crippen LogP contribution in [0.5, 0.6) is 5.75 Å². The minimum absolute atomic E-state index is 0.0845. The van der Waals surface area contributed by atoms with Gasteiger partial charge in [0.05, 0.1) is 17.7 Å². The van der Waals surface area contributed by atoms with Crippen molar-refractivity contribution in [3.05, 3.63) is 53.1 Å². The maximum absolute atomic E-state index is 12.8. The summed E-state index contributed by atoms with van der Waals surface area (Å²) >= 11 is 5.56. The zero-order chi connectivity index (χ0) is 18.4. The Bertz CT molecular complexity index is 751. The second-order valence-electron chi connectivity index (χ2n) is 5.15. The number of alkyl halides is 3. The van der Waals surface area contributed by atoms with Crippen LogP contribution in [0.1, 0.15) is 12.0 Å². The monoisotopic (exact) mass is 372 g/mol. The van der Waals surface area contributed by atoms with Gasteiger partial charge in [-0.05, 0) is 30.3 Å². The van der Waals surface area contributed by atoms with E-state index < -0.39 is 11.7 Å². The highest BCUT2D eigenvalue weighted by molar-refractivity contribution is 6.31. The van der Waals surface area contributed by atoms with E-state index in [1.165, 1.54) is 19.2 Å². The van der Waals surface area contributed by atoms with Gasteiger partial charge in [0.25, 0.3) is 0 Å². The van der Waals surface area contributed by atoms with Crippen LogP contribution in [-0.4, -0.2) is 19.6 Å². The zero-order valence-electron chi connectivity index (χ0n) is 13.3. The first kappa shape index (κ1) is 18.9. The van der Waals surface area contributed by atoms with Crippen molar-refractivity contribution in [3.63, 3.8) is 0 Å². The lowest BCUT2D eigenvalue weighted by Crippen LogP contribution is -2.16. The highest BCUT2D eigenvalue weighted by Gasteiger charge is 2.33. The molecule has 0 aliphatic heterocycles. The van der Waals surface area contributed by atoms with E-state index in [0.717, 1.165) is 6.07 Å². The lowest BCUT2D eigenvalue weighted by atomic mass is 10.2. The van der Waals surface area contributed by atoms with E-state index in [2.05, 4.69) is 10.6 Å². The summed E-state index contributed by atoms with van der Waals surface area (Å²) in [4.78, 5) is 11.9. The van der Waals surface area contributed by atoms with E-state index in [0.29, 0.717) is 11.4 Å². The Morgan fingerprint density at radius 2 is 1.92 bits per heavy atom. The first-order valence-electron chi connectivity index (χ1n) is 7.34. The number of rotatable bonds is 6. The molecule has 2 rings (SSSR count). The van der Waals surface area contributed by atoms with Gasteiger partial charge in [-0.1, -0.05) is 17.7 Å². The second-order valence-corrected chi connectivity index (χ2v) is 5.56. The van der Waals surface area contributed by atoms with Crippen molar-refractivity contribution >= 4 is 28.9 Å². The van der Waals surface area contributed by atoms with E-state index in [-0.39, 0.29) is 29.6 Å². The normalized spacial score (nSPS) is 11.1. The smallest absolute Gasteiger partial charge is 0.417 e. The van der Waals surface area contributed by atoms with Crippen molar-refractivity contribution in [2.24, 2.45) is 0 Å². The molecule has 0 heterocycles.